The lowest BCUT2D eigenvalue weighted by atomic mass is 10.1. The Labute approximate surface area is 169 Å². The molecule has 0 saturated heterocycles. The van der Waals surface area contributed by atoms with Crippen LogP contribution in [0.3, 0.4) is 0 Å². The number of rotatable bonds is 6. The molecule has 30 heavy (non-hydrogen) atoms. The van der Waals surface area contributed by atoms with E-state index in [0.717, 1.165) is 16.8 Å². The minimum atomic E-state index is -4.47. The summed E-state index contributed by atoms with van der Waals surface area (Å²) in [5, 5.41) is 10.1. The third-order valence-electron chi connectivity index (χ3n) is 4.18. The van der Waals surface area contributed by atoms with Crippen molar-refractivity contribution in [1.82, 2.24) is 15.0 Å². The predicted octanol–water partition coefficient (Wildman–Crippen LogP) is 3.20. The highest BCUT2D eigenvalue weighted by Crippen LogP contribution is 2.30. The van der Waals surface area contributed by atoms with Crippen LogP contribution in [0.4, 0.5) is 24.7 Å². The average Bonchev–Trinajstić information content (AvgIpc) is 3.07. The molecule has 1 amide bonds. The number of nitrogens with one attached hydrogen (secondary N) is 1. The van der Waals surface area contributed by atoms with Gasteiger partial charge in [0.05, 0.1) is 26.3 Å². The van der Waals surface area contributed by atoms with E-state index < -0.39 is 17.6 Å². The second-order valence-electron chi connectivity index (χ2n) is 6.23. The largest absolute Gasteiger partial charge is 0.497 e. The van der Waals surface area contributed by atoms with Crippen LogP contribution in [-0.2, 0) is 12.7 Å². The highest BCUT2D eigenvalue weighted by atomic mass is 19.4. The Morgan fingerprint density at radius 2 is 1.80 bits per heavy atom. The van der Waals surface area contributed by atoms with E-state index in [0.29, 0.717) is 22.7 Å². The number of nitrogens with zero attached hydrogens (tertiary/aromatic N) is 3. The lowest BCUT2D eigenvalue weighted by molar-refractivity contribution is -0.137. The maximum absolute atomic E-state index is 12.9. The molecule has 1 aromatic heterocycles. The summed E-state index contributed by atoms with van der Waals surface area (Å²) >= 11 is 0. The Hall–Kier alpha value is -3.76. The summed E-state index contributed by atoms with van der Waals surface area (Å²) in [5.41, 5.74) is 5.68. The first-order valence-corrected chi connectivity index (χ1v) is 8.60. The van der Waals surface area contributed by atoms with Crippen LogP contribution < -0.4 is 20.5 Å². The Kier molecular flexibility index (Phi) is 5.81. The normalized spacial score (nSPS) is 11.2. The molecule has 0 fully saturated rings. The van der Waals surface area contributed by atoms with Crippen molar-refractivity contribution in [2.75, 3.05) is 25.3 Å². The van der Waals surface area contributed by atoms with Gasteiger partial charge in [-0.1, -0.05) is 17.3 Å². The van der Waals surface area contributed by atoms with E-state index >= 15 is 0 Å². The van der Waals surface area contributed by atoms with Gasteiger partial charge in [-0.25, -0.2) is 4.68 Å². The van der Waals surface area contributed by atoms with Crippen molar-refractivity contribution in [2.24, 2.45) is 0 Å². The zero-order chi connectivity index (χ0) is 21.9. The van der Waals surface area contributed by atoms with Crippen molar-refractivity contribution >= 4 is 17.4 Å². The van der Waals surface area contributed by atoms with Crippen molar-refractivity contribution in [3.05, 3.63) is 59.3 Å². The molecule has 3 aromatic rings. The molecular weight excluding hydrogens is 403 g/mol. The van der Waals surface area contributed by atoms with Crippen LogP contribution in [0.1, 0.15) is 21.6 Å². The fourth-order valence-corrected chi connectivity index (χ4v) is 2.69. The first kappa shape index (κ1) is 21.0. The zero-order valence-corrected chi connectivity index (χ0v) is 16.0. The van der Waals surface area contributed by atoms with Gasteiger partial charge < -0.3 is 20.5 Å². The van der Waals surface area contributed by atoms with E-state index in [2.05, 4.69) is 15.6 Å². The molecule has 0 unspecified atom stereocenters. The number of alkyl halides is 3. The second kappa shape index (κ2) is 8.31. The summed E-state index contributed by atoms with van der Waals surface area (Å²) < 4.78 is 50.1. The number of ether oxygens (including phenoxy) is 2. The summed E-state index contributed by atoms with van der Waals surface area (Å²) in [7, 11) is 2.94. The minimum Gasteiger partial charge on any atom is -0.497 e. The minimum absolute atomic E-state index is 0.0803. The summed E-state index contributed by atoms with van der Waals surface area (Å²) in [6.07, 6.45) is -4.47. The van der Waals surface area contributed by atoms with Crippen molar-refractivity contribution < 1.29 is 27.4 Å². The van der Waals surface area contributed by atoms with Crippen molar-refractivity contribution in [3.63, 3.8) is 0 Å². The predicted molar refractivity (Wildman–Crippen MR) is 102 cm³/mol. The molecule has 1 heterocycles. The van der Waals surface area contributed by atoms with Crippen molar-refractivity contribution in [2.45, 2.75) is 12.7 Å². The van der Waals surface area contributed by atoms with E-state index in [9.17, 15) is 18.0 Å². The molecular formula is C19H18F3N5O3. The number of aromatic nitrogens is 3. The molecule has 0 aliphatic rings. The highest BCUT2D eigenvalue weighted by molar-refractivity contribution is 6.05. The molecule has 0 aliphatic carbocycles. The Morgan fingerprint density at radius 3 is 2.40 bits per heavy atom. The average molecular weight is 421 g/mol. The van der Waals surface area contributed by atoms with Crippen LogP contribution in [0.5, 0.6) is 11.5 Å². The molecule has 0 spiro atoms. The Bertz CT molecular complexity index is 1040. The van der Waals surface area contributed by atoms with Crippen LogP contribution in [0.2, 0.25) is 0 Å². The van der Waals surface area contributed by atoms with Gasteiger partial charge >= 0.3 is 6.18 Å². The van der Waals surface area contributed by atoms with Gasteiger partial charge in [0.25, 0.3) is 5.91 Å². The second-order valence-corrected chi connectivity index (χ2v) is 6.23. The highest BCUT2D eigenvalue weighted by Gasteiger charge is 2.30. The van der Waals surface area contributed by atoms with Gasteiger partial charge in [-0.15, -0.1) is 5.10 Å². The zero-order valence-electron chi connectivity index (χ0n) is 16.0. The number of nitrogen functional groups attached to an aromatic ring is 1. The third-order valence-corrected chi connectivity index (χ3v) is 4.18. The standard InChI is InChI=1S/C19H18F3N5O3/c1-29-14-7-13(8-15(9-14)30-2)24-18(28)16-17(23)27(26-25-16)10-11-4-3-5-12(6-11)19(20,21)22/h3-9H,10,23H2,1-2H3,(H,24,28). The molecule has 158 valence electrons. The van der Waals surface area contributed by atoms with E-state index in [1.807, 2.05) is 0 Å². The molecule has 0 radical (unpaired) electrons. The molecule has 8 nitrogen and oxygen atoms in total. The van der Waals surface area contributed by atoms with Crippen molar-refractivity contribution in [3.8, 4) is 11.5 Å². The monoisotopic (exact) mass is 421 g/mol. The van der Waals surface area contributed by atoms with E-state index in [1.54, 1.807) is 18.2 Å². The van der Waals surface area contributed by atoms with Gasteiger partial charge in [0.2, 0.25) is 0 Å². The molecule has 3 rings (SSSR count). The SMILES string of the molecule is COc1cc(NC(=O)c2nnn(Cc3cccc(C(F)(F)F)c3)c2N)cc(OC)c1. The number of amides is 1. The van der Waals surface area contributed by atoms with Crippen LogP contribution in [-0.4, -0.2) is 35.1 Å². The fourth-order valence-electron chi connectivity index (χ4n) is 2.69. The molecule has 3 N–H and O–H groups in total. The maximum atomic E-state index is 12.9. The smallest absolute Gasteiger partial charge is 0.416 e. The number of hydrogen-bond donors (Lipinski definition) is 2. The van der Waals surface area contributed by atoms with Crippen LogP contribution in [0.15, 0.2) is 42.5 Å². The first-order valence-electron chi connectivity index (χ1n) is 8.60. The lowest BCUT2D eigenvalue weighted by Gasteiger charge is -2.10. The lowest BCUT2D eigenvalue weighted by Crippen LogP contribution is -2.15. The summed E-state index contributed by atoms with van der Waals surface area (Å²) in [6, 6.07) is 9.52. The van der Waals surface area contributed by atoms with Gasteiger partial charge in [-0.2, -0.15) is 13.2 Å². The summed E-state index contributed by atoms with van der Waals surface area (Å²) in [5.74, 6) is 0.203. The van der Waals surface area contributed by atoms with E-state index in [-0.39, 0.29) is 18.1 Å². The molecule has 2 aromatic carbocycles. The Morgan fingerprint density at radius 1 is 1.13 bits per heavy atom. The van der Waals surface area contributed by atoms with E-state index in [1.165, 1.54) is 26.4 Å². The number of nitrogens with two attached hydrogens (primary N) is 1. The topological polar surface area (TPSA) is 104 Å². The molecule has 0 aliphatic heterocycles. The number of benzene rings is 2. The number of hydrogen-bond acceptors (Lipinski definition) is 6. The van der Waals surface area contributed by atoms with Gasteiger partial charge in [0.15, 0.2) is 11.5 Å². The van der Waals surface area contributed by atoms with Gasteiger partial charge in [-0.3, -0.25) is 4.79 Å². The maximum Gasteiger partial charge on any atom is 0.416 e. The van der Waals surface area contributed by atoms with Gasteiger partial charge in [0.1, 0.15) is 11.5 Å². The summed E-state index contributed by atoms with van der Waals surface area (Å²) in [4.78, 5) is 12.5. The first-order chi connectivity index (χ1) is 14.2. The van der Waals surface area contributed by atoms with Crippen LogP contribution in [0.25, 0.3) is 0 Å². The summed E-state index contributed by atoms with van der Waals surface area (Å²) in [6.45, 7) is -0.0803. The van der Waals surface area contributed by atoms with Crippen LogP contribution in [0, 0.1) is 0 Å². The number of methoxy groups -OCH3 is 2. The molecule has 11 heteroatoms. The number of carbonyl (C=O) groups is 1. The fraction of sp³-hybridized carbons (Fsp3) is 0.211. The molecule has 0 atom stereocenters. The third kappa shape index (κ3) is 4.62. The van der Waals surface area contributed by atoms with Gasteiger partial charge in [-0.05, 0) is 17.7 Å². The number of halogens is 3. The quantitative estimate of drug-likeness (QED) is 0.634. The van der Waals surface area contributed by atoms with Crippen molar-refractivity contribution in [1.29, 1.82) is 0 Å². The van der Waals surface area contributed by atoms with E-state index in [4.69, 9.17) is 15.2 Å². The van der Waals surface area contributed by atoms with Crippen LogP contribution >= 0.6 is 0 Å². The molecule has 0 saturated carbocycles. The van der Waals surface area contributed by atoms with Gasteiger partial charge in [0, 0.05) is 23.9 Å². The number of carbonyl (C=O) groups excluding carboxylic acids is 1. The Balaban J connectivity index is 1.79. The number of anilines is 2. The molecule has 0 bridgehead atoms.